The van der Waals surface area contributed by atoms with Crippen molar-refractivity contribution in [1.29, 1.82) is 0 Å². The van der Waals surface area contributed by atoms with Gasteiger partial charge in [0, 0.05) is 17.3 Å². The number of nitrogens with one attached hydrogen (secondary N) is 1. The van der Waals surface area contributed by atoms with Crippen LogP contribution in [-0.2, 0) is 6.42 Å². The molecule has 5 heteroatoms. The second-order valence-corrected chi connectivity index (χ2v) is 6.77. The van der Waals surface area contributed by atoms with E-state index in [1.54, 1.807) is 17.4 Å². The molecule has 0 aliphatic heterocycles. The SMILES string of the molecule is CCCNC(Cc1nc(C)c(C)s1)c1cccc(F)c1Cl. The first kappa shape index (κ1) is 16.4. The van der Waals surface area contributed by atoms with E-state index in [-0.39, 0.29) is 16.9 Å². The summed E-state index contributed by atoms with van der Waals surface area (Å²) in [5.74, 6) is -0.371. The zero-order valence-electron chi connectivity index (χ0n) is 12.5. The van der Waals surface area contributed by atoms with Crippen molar-refractivity contribution in [3.63, 3.8) is 0 Å². The van der Waals surface area contributed by atoms with E-state index in [2.05, 4.69) is 24.1 Å². The van der Waals surface area contributed by atoms with Gasteiger partial charge >= 0.3 is 0 Å². The van der Waals surface area contributed by atoms with Crippen LogP contribution in [0.15, 0.2) is 18.2 Å². The monoisotopic (exact) mass is 326 g/mol. The van der Waals surface area contributed by atoms with Crippen molar-refractivity contribution in [2.75, 3.05) is 6.54 Å². The van der Waals surface area contributed by atoms with E-state index < -0.39 is 0 Å². The molecule has 1 atom stereocenters. The Kier molecular flexibility index (Phi) is 5.73. The fourth-order valence-electron chi connectivity index (χ4n) is 2.20. The third-order valence-corrected chi connectivity index (χ3v) is 4.94. The molecule has 0 bridgehead atoms. The number of rotatable bonds is 6. The number of aromatic nitrogens is 1. The maximum absolute atomic E-state index is 13.7. The lowest BCUT2D eigenvalue weighted by Crippen LogP contribution is -2.24. The normalized spacial score (nSPS) is 12.6. The number of nitrogens with zero attached hydrogens (tertiary/aromatic N) is 1. The molecule has 1 aromatic carbocycles. The standard InChI is InChI=1S/C16H20ClFN2S/c1-4-8-19-14(9-15-20-10(2)11(3)21-15)12-6-5-7-13(18)16(12)17/h5-7,14,19H,4,8-9H2,1-3H3. The lowest BCUT2D eigenvalue weighted by molar-refractivity contribution is 0.523. The van der Waals surface area contributed by atoms with E-state index in [1.165, 1.54) is 10.9 Å². The molecule has 0 aliphatic carbocycles. The van der Waals surface area contributed by atoms with Gasteiger partial charge in [-0.1, -0.05) is 30.7 Å². The van der Waals surface area contributed by atoms with Crippen LogP contribution in [0.2, 0.25) is 5.02 Å². The van der Waals surface area contributed by atoms with Gasteiger partial charge in [-0.15, -0.1) is 11.3 Å². The molecule has 114 valence electrons. The first-order valence-electron chi connectivity index (χ1n) is 7.13. The zero-order chi connectivity index (χ0) is 15.4. The first-order chi connectivity index (χ1) is 10.0. The van der Waals surface area contributed by atoms with Crippen molar-refractivity contribution in [2.45, 2.75) is 39.7 Å². The van der Waals surface area contributed by atoms with E-state index in [0.717, 1.165) is 35.7 Å². The second-order valence-electron chi connectivity index (χ2n) is 5.10. The highest BCUT2D eigenvalue weighted by Gasteiger charge is 2.18. The Morgan fingerprint density at radius 1 is 1.38 bits per heavy atom. The molecule has 0 spiro atoms. The predicted molar refractivity (Wildman–Crippen MR) is 87.7 cm³/mol. The van der Waals surface area contributed by atoms with Crippen LogP contribution in [0.5, 0.6) is 0 Å². The summed E-state index contributed by atoms with van der Waals surface area (Å²) in [7, 11) is 0. The van der Waals surface area contributed by atoms with E-state index in [1.807, 2.05) is 13.0 Å². The van der Waals surface area contributed by atoms with Gasteiger partial charge in [-0.25, -0.2) is 9.37 Å². The third-order valence-electron chi connectivity index (χ3n) is 3.45. The van der Waals surface area contributed by atoms with Crippen LogP contribution in [0.1, 0.15) is 40.5 Å². The molecule has 1 unspecified atom stereocenters. The molecule has 0 fully saturated rings. The Morgan fingerprint density at radius 2 is 2.14 bits per heavy atom. The minimum absolute atomic E-state index is 0.0156. The van der Waals surface area contributed by atoms with Gasteiger partial charge in [0.1, 0.15) is 5.82 Å². The van der Waals surface area contributed by atoms with Crippen LogP contribution in [0.25, 0.3) is 0 Å². The van der Waals surface area contributed by atoms with Gasteiger partial charge in [0.05, 0.1) is 15.7 Å². The number of thiazole rings is 1. The van der Waals surface area contributed by atoms with E-state index in [4.69, 9.17) is 11.6 Å². The summed E-state index contributed by atoms with van der Waals surface area (Å²) in [6.45, 7) is 7.05. The number of hydrogen-bond donors (Lipinski definition) is 1. The lowest BCUT2D eigenvalue weighted by Gasteiger charge is -2.19. The van der Waals surface area contributed by atoms with Crippen LogP contribution in [0, 0.1) is 19.7 Å². The molecule has 0 saturated heterocycles. The molecule has 2 aromatic rings. The fourth-order valence-corrected chi connectivity index (χ4v) is 3.44. The maximum Gasteiger partial charge on any atom is 0.142 e. The average molecular weight is 327 g/mol. The van der Waals surface area contributed by atoms with E-state index in [9.17, 15) is 4.39 Å². The van der Waals surface area contributed by atoms with Crippen LogP contribution < -0.4 is 5.32 Å². The van der Waals surface area contributed by atoms with Gasteiger partial charge in [0.2, 0.25) is 0 Å². The minimum atomic E-state index is -0.371. The number of benzene rings is 1. The van der Waals surface area contributed by atoms with Gasteiger partial charge in [-0.2, -0.15) is 0 Å². The fraction of sp³-hybridized carbons (Fsp3) is 0.438. The Bertz CT molecular complexity index is 593. The summed E-state index contributed by atoms with van der Waals surface area (Å²) in [6, 6.07) is 4.96. The Morgan fingerprint density at radius 3 is 2.76 bits per heavy atom. The second kappa shape index (κ2) is 7.34. The summed E-state index contributed by atoms with van der Waals surface area (Å²) in [5, 5.41) is 4.71. The molecule has 1 aromatic heterocycles. The van der Waals surface area contributed by atoms with Crippen molar-refractivity contribution in [3.05, 3.63) is 50.2 Å². The summed E-state index contributed by atoms with van der Waals surface area (Å²) in [4.78, 5) is 5.80. The van der Waals surface area contributed by atoms with Crippen molar-refractivity contribution in [2.24, 2.45) is 0 Å². The smallest absolute Gasteiger partial charge is 0.142 e. The minimum Gasteiger partial charge on any atom is -0.310 e. The highest BCUT2D eigenvalue weighted by Crippen LogP contribution is 2.29. The van der Waals surface area contributed by atoms with Crippen molar-refractivity contribution >= 4 is 22.9 Å². The molecular formula is C16H20ClFN2S. The first-order valence-corrected chi connectivity index (χ1v) is 8.32. The van der Waals surface area contributed by atoms with E-state index >= 15 is 0 Å². The van der Waals surface area contributed by atoms with Gasteiger partial charge in [0.15, 0.2) is 0 Å². The highest BCUT2D eigenvalue weighted by molar-refractivity contribution is 7.11. The molecule has 2 nitrogen and oxygen atoms in total. The van der Waals surface area contributed by atoms with Gasteiger partial charge < -0.3 is 5.32 Å². The average Bonchev–Trinajstić information content (AvgIpc) is 2.76. The molecular weight excluding hydrogens is 307 g/mol. The number of aryl methyl sites for hydroxylation is 2. The Labute approximate surface area is 134 Å². The van der Waals surface area contributed by atoms with Crippen LogP contribution >= 0.6 is 22.9 Å². The molecule has 2 rings (SSSR count). The molecule has 0 amide bonds. The van der Waals surface area contributed by atoms with Gasteiger partial charge in [-0.05, 0) is 38.4 Å². The van der Waals surface area contributed by atoms with Crippen LogP contribution in [-0.4, -0.2) is 11.5 Å². The summed E-state index contributed by atoms with van der Waals surface area (Å²) in [6.07, 6.45) is 1.74. The Balaban J connectivity index is 2.27. The van der Waals surface area contributed by atoms with Crippen LogP contribution in [0.4, 0.5) is 4.39 Å². The van der Waals surface area contributed by atoms with E-state index in [0.29, 0.717) is 0 Å². The quantitative estimate of drug-likeness (QED) is 0.822. The topological polar surface area (TPSA) is 24.9 Å². The molecule has 0 saturated carbocycles. The van der Waals surface area contributed by atoms with Crippen molar-refractivity contribution in [1.82, 2.24) is 10.3 Å². The lowest BCUT2D eigenvalue weighted by atomic mass is 10.0. The summed E-state index contributed by atoms with van der Waals surface area (Å²) >= 11 is 7.83. The van der Waals surface area contributed by atoms with Gasteiger partial charge in [0.25, 0.3) is 0 Å². The van der Waals surface area contributed by atoms with Crippen LogP contribution in [0.3, 0.4) is 0 Å². The molecule has 1 heterocycles. The largest absolute Gasteiger partial charge is 0.310 e. The van der Waals surface area contributed by atoms with Crippen molar-refractivity contribution < 1.29 is 4.39 Å². The molecule has 1 N–H and O–H groups in total. The number of halogens is 2. The number of hydrogen-bond acceptors (Lipinski definition) is 3. The Hall–Kier alpha value is -0.970. The molecule has 21 heavy (non-hydrogen) atoms. The summed E-state index contributed by atoms with van der Waals surface area (Å²) < 4.78 is 13.7. The molecule has 0 radical (unpaired) electrons. The van der Waals surface area contributed by atoms with Gasteiger partial charge in [-0.3, -0.25) is 0 Å². The zero-order valence-corrected chi connectivity index (χ0v) is 14.1. The highest BCUT2D eigenvalue weighted by atomic mass is 35.5. The maximum atomic E-state index is 13.7. The molecule has 0 aliphatic rings. The van der Waals surface area contributed by atoms with Crippen molar-refractivity contribution in [3.8, 4) is 0 Å². The third kappa shape index (κ3) is 4.02. The summed E-state index contributed by atoms with van der Waals surface area (Å²) in [5.41, 5.74) is 1.87. The predicted octanol–water partition coefficient (Wildman–Crippen LogP) is 4.84.